The fraction of sp³-hybridized carbons (Fsp3) is 0.800. The van der Waals surface area contributed by atoms with Crippen LogP contribution in [0, 0.1) is 5.92 Å². The van der Waals surface area contributed by atoms with Gasteiger partial charge in [-0.1, -0.05) is 13.3 Å². The maximum absolute atomic E-state index is 6.11. The third-order valence-electron chi connectivity index (χ3n) is 4.34. The molecule has 0 aromatic carbocycles. The summed E-state index contributed by atoms with van der Waals surface area (Å²) in [7, 11) is 0. The van der Waals surface area contributed by atoms with Crippen molar-refractivity contribution >= 4 is 23.5 Å². The van der Waals surface area contributed by atoms with Crippen molar-refractivity contribution < 1.29 is 0 Å². The van der Waals surface area contributed by atoms with Gasteiger partial charge in [0.15, 0.2) is 0 Å². The Kier molecular flexibility index (Phi) is 6.03. The summed E-state index contributed by atoms with van der Waals surface area (Å²) >= 11 is 6.11. The highest BCUT2D eigenvalue weighted by atomic mass is 35.5. The smallest absolute Gasteiger partial charge is 0.231 e. The van der Waals surface area contributed by atoms with Crippen LogP contribution in [0.4, 0.5) is 11.9 Å². The number of rotatable bonds is 5. The molecule has 1 unspecified atom stereocenters. The van der Waals surface area contributed by atoms with E-state index in [0.29, 0.717) is 5.95 Å². The first-order valence-corrected chi connectivity index (χ1v) is 8.47. The largest absolute Gasteiger partial charge is 0.341 e. The second-order valence-corrected chi connectivity index (χ2v) is 5.91. The maximum atomic E-state index is 6.11. The minimum absolute atomic E-state index is 0.290. The topological polar surface area (TPSA) is 45.2 Å². The molecule has 0 bridgehead atoms. The van der Waals surface area contributed by atoms with Crippen molar-refractivity contribution in [3.8, 4) is 0 Å². The van der Waals surface area contributed by atoms with E-state index in [2.05, 4.69) is 45.5 Å². The lowest BCUT2D eigenvalue weighted by Gasteiger charge is -2.23. The van der Waals surface area contributed by atoms with Gasteiger partial charge in [0, 0.05) is 26.2 Å². The van der Waals surface area contributed by atoms with Gasteiger partial charge in [0.25, 0.3) is 0 Å². The third-order valence-corrected chi connectivity index (χ3v) is 4.51. The zero-order chi connectivity index (χ0) is 15.2. The van der Waals surface area contributed by atoms with Crippen molar-refractivity contribution in [1.29, 1.82) is 0 Å². The minimum atomic E-state index is 0.290. The van der Waals surface area contributed by atoms with Crippen LogP contribution in [0.15, 0.2) is 0 Å². The lowest BCUT2D eigenvalue weighted by atomic mass is 9.98. The van der Waals surface area contributed by atoms with Crippen LogP contribution in [0.1, 0.15) is 46.5 Å². The van der Waals surface area contributed by atoms with E-state index in [0.717, 1.165) is 38.0 Å². The van der Waals surface area contributed by atoms with E-state index in [1.165, 1.54) is 25.7 Å². The van der Waals surface area contributed by atoms with Gasteiger partial charge in [-0.15, -0.1) is 0 Å². The molecule has 118 valence electrons. The van der Waals surface area contributed by atoms with Gasteiger partial charge in [0.05, 0.1) is 0 Å². The molecule has 2 heterocycles. The summed E-state index contributed by atoms with van der Waals surface area (Å²) in [6, 6.07) is 0. The summed E-state index contributed by atoms with van der Waals surface area (Å²) in [5.74, 6) is 2.24. The number of hydrogen-bond acceptors (Lipinski definition) is 5. The van der Waals surface area contributed by atoms with Crippen LogP contribution in [0.25, 0.3) is 0 Å². The second-order valence-electron chi connectivity index (χ2n) is 5.57. The first kappa shape index (κ1) is 16.3. The van der Waals surface area contributed by atoms with Crippen LogP contribution in [-0.2, 0) is 0 Å². The molecular weight excluding hydrogens is 286 g/mol. The molecule has 1 fully saturated rings. The number of nitrogens with zero attached hydrogens (tertiary/aromatic N) is 5. The van der Waals surface area contributed by atoms with E-state index < -0.39 is 0 Å². The van der Waals surface area contributed by atoms with Gasteiger partial charge in [0.1, 0.15) is 0 Å². The van der Waals surface area contributed by atoms with E-state index in [-0.39, 0.29) is 5.28 Å². The highest BCUT2D eigenvalue weighted by Gasteiger charge is 2.19. The molecule has 0 amide bonds. The number of aromatic nitrogens is 3. The molecule has 21 heavy (non-hydrogen) atoms. The lowest BCUT2D eigenvalue weighted by Crippen LogP contribution is -2.29. The Morgan fingerprint density at radius 2 is 1.86 bits per heavy atom. The van der Waals surface area contributed by atoms with Gasteiger partial charge in [0.2, 0.25) is 17.2 Å². The highest BCUT2D eigenvalue weighted by molar-refractivity contribution is 6.28. The molecule has 5 nitrogen and oxygen atoms in total. The molecule has 0 N–H and O–H groups in total. The van der Waals surface area contributed by atoms with E-state index in [9.17, 15) is 0 Å². The molecule has 1 aromatic heterocycles. The molecule has 0 radical (unpaired) electrons. The maximum Gasteiger partial charge on any atom is 0.231 e. The van der Waals surface area contributed by atoms with Gasteiger partial charge >= 0.3 is 0 Å². The normalized spacial score (nSPS) is 19.4. The first-order chi connectivity index (χ1) is 10.2. The Bertz CT molecular complexity index is 450. The molecule has 1 aliphatic heterocycles. The van der Waals surface area contributed by atoms with Crippen LogP contribution in [0.5, 0.6) is 0 Å². The Balaban J connectivity index is 2.19. The Hall–Kier alpha value is -1.10. The zero-order valence-electron chi connectivity index (χ0n) is 13.3. The molecule has 1 atom stereocenters. The lowest BCUT2D eigenvalue weighted by molar-refractivity contribution is 0.459. The highest BCUT2D eigenvalue weighted by Crippen LogP contribution is 2.24. The van der Waals surface area contributed by atoms with E-state index >= 15 is 0 Å². The number of halogens is 1. The van der Waals surface area contributed by atoms with E-state index in [1.807, 2.05) is 0 Å². The molecule has 0 spiro atoms. The van der Waals surface area contributed by atoms with Crippen molar-refractivity contribution in [1.82, 2.24) is 15.0 Å². The minimum Gasteiger partial charge on any atom is -0.341 e. The molecule has 6 heteroatoms. The van der Waals surface area contributed by atoms with Crippen molar-refractivity contribution in [3.63, 3.8) is 0 Å². The predicted molar refractivity (Wildman–Crippen MR) is 88.2 cm³/mol. The Morgan fingerprint density at radius 3 is 2.52 bits per heavy atom. The standard InChI is InChI=1S/C15H26ClN5/c1-4-12-8-7-10-21(11-9-12)15-18-13(16)17-14(19-15)20(5-2)6-3/h12H,4-11H2,1-3H3. The third kappa shape index (κ3) is 4.19. The molecule has 1 saturated heterocycles. The summed E-state index contributed by atoms with van der Waals surface area (Å²) in [4.78, 5) is 17.6. The van der Waals surface area contributed by atoms with E-state index in [4.69, 9.17) is 11.6 Å². The quantitative estimate of drug-likeness (QED) is 0.834. The van der Waals surface area contributed by atoms with E-state index in [1.54, 1.807) is 0 Å². The fourth-order valence-corrected chi connectivity index (χ4v) is 3.04. The molecule has 2 rings (SSSR count). The van der Waals surface area contributed by atoms with Gasteiger partial charge < -0.3 is 9.80 Å². The average molecular weight is 312 g/mol. The van der Waals surface area contributed by atoms with Crippen molar-refractivity contribution in [3.05, 3.63) is 5.28 Å². The van der Waals surface area contributed by atoms with Crippen LogP contribution < -0.4 is 9.80 Å². The number of hydrogen-bond donors (Lipinski definition) is 0. The Labute approximate surface area is 132 Å². The van der Waals surface area contributed by atoms with Gasteiger partial charge in [-0.3, -0.25) is 0 Å². The summed E-state index contributed by atoms with van der Waals surface area (Å²) in [6.45, 7) is 10.2. The monoisotopic (exact) mass is 311 g/mol. The SMILES string of the molecule is CCC1CCCN(c2nc(Cl)nc(N(CC)CC)n2)CC1. The predicted octanol–water partition coefficient (Wildman–Crippen LogP) is 3.39. The van der Waals surface area contributed by atoms with Crippen LogP contribution in [-0.4, -0.2) is 41.1 Å². The summed E-state index contributed by atoms with van der Waals surface area (Å²) in [6.07, 6.45) is 4.97. The summed E-state index contributed by atoms with van der Waals surface area (Å²) < 4.78 is 0. The summed E-state index contributed by atoms with van der Waals surface area (Å²) in [5, 5.41) is 0.290. The number of anilines is 2. The van der Waals surface area contributed by atoms with Crippen LogP contribution in [0.3, 0.4) is 0 Å². The second kappa shape index (κ2) is 7.78. The van der Waals surface area contributed by atoms with Gasteiger partial charge in [-0.2, -0.15) is 15.0 Å². The molecule has 0 saturated carbocycles. The average Bonchev–Trinajstić information content (AvgIpc) is 2.73. The van der Waals surface area contributed by atoms with Gasteiger partial charge in [-0.05, 0) is 50.6 Å². The molecule has 0 aliphatic carbocycles. The van der Waals surface area contributed by atoms with Crippen LogP contribution in [0.2, 0.25) is 5.28 Å². The fourth-order valence-electron chi connectivity index (χ4n) is 2.89. The van der Waals surface area contributed by atoms with Gasteiger partial charge in [-0.25, -0.2) is 0 Å². The molecule has 1 aromatic rings. The van der Waals surface area contributed by atoms with Crippen molar-refractivity contribution in [2.75, 3.05) is 36.0 Å². The van der Waals surface area contributed by atoms with Crippen molar-refractivity contribution in [2.24, 2.45) is 5.92 Å². The van der Waals surface area contributed by atoms with Crippen molar-refractivity contribution in [2.45, 2.75) is 46.5 Å². The zero-order valence-corrected chi connectivity index (χ0v) is 14.1. The molecular formula is C15H26ClN5. The molecule has 1 aliphatic rings. The first-order valence-electron chi connectivity index (χ1n) is 8.09. The summed E-state index contributed by atoms with van der Waals surface area (Å²) in [5.41, 5.74) is 0. The Morgan fingerprint density at radius 1 is 1.10 bits per heavy atom. The van der Waals surface area contributed by atoms with Crippen LogP contribution >= 0.6 is 11.6 Å².